The van der Waals surface area contributed by atoms with E-state index in [2.05, 4.69) is 16.5 Å². The first-order valence-corrected chi connectivity index (χ1v) is 5.12. The molecule has 16 heavy (non-hydrogen) atoms. The molecule has 0 aliphatic carbocycles. The van der Waals surface area contributed by atoms with Gasteiger partial charge < -0.3 is 4.90 Å². The van der Waals surface area contributed by atoms with Crippen molar-refractivity contribution in [3.8, 4) is 0 Å². The molecule has 0 N–H and O–H groups in total. The van der Waals surface area contributed by atoms with Gasteiger partial charge in [-0.25, -0.2) is 9.97 Å². The molecule has 2 aromatic rings. The quantitative estimate of drug-likeness (QED) is 0.728. The van der Waals surface area contributed by atoms with E-state index in [-0.39, 0.29) is 0 Å². The molecule has 3 nitrogen and oxygen atoms in total. The Morgan fingerprint density at radius 1 is 1.06 bits per heavy atom. The van der Waals surface area contributed by atoms with Crippen molar-refractivity contribution in [1.82, 2.24) is 9.97 Å². The Balaban J connectivity index is 2.35. The molecule has 1 heterocycles. The van der Waals surface area contributed by atoms with Crippen molar-refractivity contribution in [2.45, 2.75) is 0 Å². The van der Waals surface area contributed by atoms with E-state index in [1.165, 1.54) is 0 Å². The number of aromatic nitrogens is 2. The smallest absolute Gasteiger partial charge is 0.230 e. The van der Waals surface area contributed by atoms with Crippen molar-refractivity contribution in [2.24, 2.45) is 0 Å². The number of hydrogen-bond donors (Lipinski definition) is 0. The van der Waals surface area contributed by atoms with Crippen molar-refractivity contribution < 1.29 is 0 Å². The van der Waals surface area contributed by atoms with Crippen LogP contribution in [0.25, 0.3) is 0 Å². The van der Waals surface area contributed by atoms with Crippen molar-refractivity contribution in [3.05, 3.63) is 61.4 Å². The molecule has 1 aromatic heterocycles. The number of nitrogens with zero attached hydrogens (tertiary/aromatic N) is 3. The van der Waals surface area contributed by atoms with Crippen LogP contribution >= 0.6 is 0 Å². The molecule has 0 aliphatic heterocycles. The summed E-state index contributed by atoms with van der Waals surface area (Å²) in [5.74, 6) is 0.689. The third-order valence-corrected chi connectivity index (χ3v) is 2.17. The first-order chi connectivity index (χ1) is 7.92. The topological polar surface area (TPSA) is 29.0 Å². The molecular formula is C13H13N3. The van der Waals surface area contributed by atoms with Crippen LogP contribution in [0.2, 0.25) is 0 Å². The Morgan fingerprint density at radius 2 is 1.75 bits per heavy atom. The van der Waals surface area contributed by atoms with E-state index in [4.69, 9.17) is 0 Å². The minimum atomic E-state index is 0.689. The van der Waals surface area contributed by atoms with Crippen LogP contribution in [-0.2, 0) is 0 Å². The van der Waals surface area contributed by atoms with Crippen LogP contribution in [0, 0.1) is 0 Å². The van der Waals surface area contributed by atoms with Crippen molar-refractivity contribution in [1.29, 1.82) is 0 Å². The second-order valence-corrected chi connectivity index (χ2v) is 3.28. The number of hydrogen-bond acceptors (Lipinski definition) is 3. The molecule has 0 radical (unpaired) electrons. The van der Waals surface area contributed by atoms with E-state index < -0.39 is 0 Å². The van der Waals surface area contributed by atoms with E-state index in [0.29, 0.717) is 12.5 Å². The van der Waals surface area contributed by atoms with Gasteiger partial charge in [0, 0.05) is 24.6 Å². The fourth-order valence-electron chi connectivity index (χ4n) is 1.47. The Hall–Kier alpha value is -2.16. The third-order valence-electron chi connectivity index (χ3n) is 2.17. The van der Waals surface area contributed by atoms with Crippen LogP contribution in [0.3, 0.4) is 0 Å². The third kappa shape index (κ3) is 2.25. The predicted octanol–water partition coefficient (Wildman–Crippen LogP) is 2.80. The normalized spacial score (nSPS) is 9.75. The molecule has 0 atom stereocenters. The summed E-state index contributed by atoms with van der Waals surface area (Å²) in [5.41, 5.74) is 1.06. The van der Waals surface area contributed by atoms with Gasteiger partial charge in [-0.2, -0.15) is 0 Å². The summed E-state index contributed by atoms with van der Waals surface area (Å²) in [6, 6.07) is 11.8. The molecule has 0 spiro atoms. The van der Waals surface area contributed by atoms with Crippen LogP contribution in [0.1, 0.15) is 0 Å². The Labute approximate surface area is 95.1 Å². The predicted molar refractivity (Wildman–Crippen MR) is 65.7 cm³/mol. The maximum Gasteiger partial charge on any atom is 0.230 e. The molecular weight excluding hydrogens is 198 g/mol. The van der Waals surface area contributed by atoms with E-state index in [0.717, 1.165) is 5.69 Å². The molecule has 3 heteroatoms. The highest BCUT2D eigenvalue weighted by atomic mass is 15.2. The summed E-state index contributed by atoms with van der Waals surface area (Å²) in [4.78, 5) is 10.5. The Bertz CT molecular complexity index is 400. The average molecular weight is 211 g/mol. The van der Waals surface area contributed by atoms with Gasteiger partial charge >= 0.3 is 0 Å². The number of anilines is 2. The van der Waals surface area contributed by atoms with Gasteiger partial charge in [-0.3, -0.25) is 0 Å². The molecule has 0 saturated heterocycles. The van der Waals surface area contributed by atoms with E-state index in [1.54, 1.807) is 18.5 Å². The molecule has 0 aliphatic rings. The largest absolute Gasteiger partial charge is 0.307 e. The molecule has 0 amide bonds. The zero-order valence-electron chi connectivity index (χ0n) is 8.95. The Morgan fingerprint density at radius 3 is 2.38 bits per heavy atom. The Kier molecular flexibility index (Phi) is 3.28. The highest BCUT2D eigenvalue weighted by molar-refractivity contribution is 5.57. The van der Waals surface area contributed by atoms with Crippen LogP contribution in [0.5, 0.6) is 0 Å². The van der Waals surface area contributed by atoms with E-state index in [1.807, 2.05) is 41.3 Å². The van der Waals surface area contributed by atoms with Gasteiger partial charge in [0.15, 0.2) is 0 Å². The summed E-state index contributed by atoms with van der Waals surface area (Å²) in [5, 5.41) is 0. The second kappa shape index (κ2) is 5.07. The lowest BCUT2D eigenvalue weighted by Gasteiger charge is -2.20. The summed E-state index contributed by atoms with van der Waals surface area (Å²) in [7, 11) is 0. The molecule has 0 bridgehead atoms. The maximum absolute atomic E-state index is 4.24. The van der Waals surface area contributed by atoms with Gasteiger partial charge in [-0.05, 0) is 18.2 Å². The van der Waals surface area contributed by atoms with Crippen LogP contribution < -0.4 is 4.90 Å². The van der Waals surface area contributed by atoms with Gasteiger partial charge in [0.05, 0.1) is 0 Å². The highest BCUT2D eigenvalue weighted by Gasteiger charge is 2.08. The average Bonchev–Trinajstić information content (AvgIpc) is 2.38. The fraction of sp³-hybridized carbons (Fsp3) is 0.0769. The summed E-state index contributed by atoms with van der Waals surface area (Å²) >= 11 is 0. The van der Waals surface area contributed by atoms with Gasteiger partial charge in [-0.1, -0.05) is 24.3 Å². The SMILES string of the molecule is C=CCN(c1ccccc1)c1ncccn1. The van der Waals surface area contributed by atoms with Crippen molar-refractivity contribution in [3.63, 3.8) is 0 Å². The van der Waals surface area contributed by atoms with Gasteiger partial charge in [-0.15, -0.1) is 6.58 Å². The van der Waals surface area contributed by atoms with Crippen molar-refractivity contribution in [2.75, 3.05) is 11.4 Å². The first-order valence-electron chi connectivity index (χ1n) is 5.12. The van der Waals surface area contributed by atoms with Crippen LogP contribution in [-0.4, -0.2) is 16.5 Å². The molecule has 0 unspecified atom stereocenters. The van der Waals surface area contributed by atoms with Crippen molar-refractivity contribution >= 4 is 11.6 Å². The first kappa shape index (κ1) is 10.4. The summed E-state index contributed by atoms with van der Waals surface area (Å²) < 4.78 is 0. The van der Waals surface area contributed by atoms with Gasteiger partial charge in [0.2, 0.25) is 5.95 Å². The van der Waals surface area contributed by atoms with Crippen LogP contribution in [0.4, 0.5) is 11.6 Å². The maximum atomic E-state index is 4.24. The molecule has 2 rings (SSSR count). The number of benzene rings is 1. The lowest BCUT2D eigenvalue weighted by molar-refractivity contribution is 0.989. The zero-order valence-corrected chi connectivity index (χ0v) is 8.95. The summed E-state index contributed by atoms with van der Waals surface area (Å²) in [6.45, 7) is 4.44. The standard InChI is InChI=1S/C13H13N3/c1-2-11-16(12-7-4-3-5-8-12)13-14-9-6-10-15-13/h2-10H,1,11H2. The summed E-state index contributed by atoms with van der Waals surface area (Å²) in [6.07, 6.45) is 5.31. The monoisotopic (exact) mass is 211 g/mol. The minimum Gasteiger partial charge on any atom is -0.307 e. The number of rotatable bonds is 4. The fourth-order valence-corrected chi connectivity index (χ4v) is 1.47. The second-order valence-electron chi connectivity index (χ2n) is 3.28. The zero-order chi connectivity index (χ0) is 11.2. The highest BCUT2D eigenvalue weighted by Crippen LogP contribution is 2.20. The van der Waals surface area contributed by atoms with Crippen LogP contribution in [0.15, 0.2) is 61.4 Å². The lowest BCUT2D eigenvalue weighted by atomic mass is 10.3. The molecule has 80 valence electrons. The van der Waals surface area contributed by atoms with Gasteiger partial charge in [0.1, 0.15) is 0 Å². The lowest BCUT2D eigenvalue weighted by Crippen LogP contribution is -2.18. The van der Waals surface area contributed by atoms with E-state index in [9.17, 15) is 0 Å². The molecule has 1 aromatic carbocycles. The minimum absolute atomic E-state index is 0.689. The molecule has 0 fully saturated rings. The van der Waals surface area contributed by atoms with E-state index >= 15 is 0 Å². The number of para-hydroxylation sites is 1. The molecule has 0 saturated carbocycles. The van der Waals surface area contributed by atoms with Gasteiger partial charge in [0.25, 0.3) is 0 Å².